The van der Waals surface area contributed by atoms with Crippen LogP contribution in [0.1, 0.15) is 38.4 Å². The summed E-state index contributed by atoms with van der Waals surface area (Å²) in [4.78, 5) is 4.41. The van der Waals surface area contributed by atoms with Crippen molar-refractivity contribution in [1.82, 2.24) is 14.9 Å². The van der Waals surface area contributed by atoms with Gasteiger partial charge in [-0.25, -0.2) is 4.98 Å². The van der Waals surface area contributed by atoms with E-state index >= 15 is 0 Å². The Morgan fingerprint density at radius 1 is 1.61 bits per heavy atom. The van der Waals surface area contributed by atoms with E-state index in [2.05, 4.69) is 28.8 Å². The molecule has 0 saturated carbocycles. The molecule has 2 rings (SSSR count). The van der Waals surface area contributed by atoms with Crippen LogP contribution in [0.15, 0.2) is 12.4 Å². The van der Waals surface area contributed by atoms with E-state index in [4.69, 9.17) is 4.74 Å². The Kier molecular flexibility index (Phi) is 5.20. The van der Waals surface area contributed by atoms with Gasteiger partial charge in [-0.15, -0.1) is 0 Å². The maximum atomic E-state index is 5.69. The molecule has 0 radical (unpaired) electrons. The van der Waals surface area contributed by atoms with Gasteiger partial charge in [-0.3, -0.25) is 0 Å². The SMILES string of the molecule is CCNC(CCC1CCCO1)Cc1nccn1C. The van der Waals surface area contributed by atoms with Gasteiger partial charge in [0.05, 0.1) is 6.10 Å². The van der Waals surface area contributed by atoms with Crippen molar-refractivity contribution in [2.24, 2.45) is 7.05 Å². The molecule has 2 heterocycles. The summed E-state index contributed by atoms with van der Waals surface area (Å²) in [7, 11) is 2.06. The van der Waals surface area contributed by atoms with E-state index in [1.807, 2.05) is 12.4 Å². The second-order valence-corrected chi connectivity index (χ2v) is 5.13. The van der Waals surface area contributed by atoms with Crippen LogP contribution in [0.4, 0.5) is 0 Å². The quantitative estimate of drug-likeness (QED) is 0.804. The number of hydrogen-bond acceptors (Lipinski definition) is 3. The third kappa shape index (κ3) is 3.82. The molecule has 4 nitrogen and oxygen atoms in total. The van der Waals surface area contributed by atoms with Crippen LogP contribution < -0.4 is 5.32 Å². The Labute approximate surface area is 110 Å². The number of nitrogens with one attached hydrogen (secondary N) is 1. The largest absolute Gasteiger partial charge is 0.378 e. The third-order valence-electron chi connectivity index (χ3n) is 3.70. The van der Waals surface area contributed by atoms with Gasteiger partial charge < -0.3 is 14.6 Å². The Hall–Kier alpha value is -0.870. The van der Waals surface area contributed by atoms with Crippen LogP contribution in [-0.4, -0.2) is 34.8 Å². The molecular weight excluding hydrogens is 226 g/mol. The summed E-state index contributed by atoms with van der Waals surface area (Å²) in [6.45, 7) is 4.13. The number of likely N-dealkylation sites (N-methyl/N-ethyl adjacent to an activating group) is 1. The first kappa shape index (κ1) is 13.6. The fraction of sp³-hybridized carbons (Fsp3) is 0.786. The summed E-state index contributed by atoms with van der Waals surface area (Å²) in [5.41, 5.74) is 0. The van der Waals surface area contributed by atoms with Gasteiger partial charge in [-0.2, -0.15) is 0 Å². The highest BCUT2D eigenvalue weighted by molar-refractivity contribution is 4.94. The fourth-order valence-corrected chi connectivity index (χ4v) is 2.64. The maximum absolute atomic E-state index is 5.69. The molecular formula is C14H25N3O. The molecule has 0 aromatic carbocycles. The zero-order valence-electron chi connectivity index (χ0n) is 11.6. The lowest BCUT2D eigenvalue weighted by Crippen LogP contribution is -2.32. The molecule has 2 unspecified atom stereocenters. The van der Waals surface area contributed by atoms with E-state index in [0.717, 1.165) is 25.4 Å². The molecule has 0 bridgehead atoms. The normalized spacial score (nSPS) is 21.3. The first-order valence-corrected chi connectivity index (χ1v) is 7.10. The Morgan fingerprint density at radius 2 is 2.50 bits per heavy atom. The zero-order valence-corrected chi connectivity index (χ0v) is 11.6. The molecule has 1 aliphatic rings. The maximum Gasteiger partial charge on any atom is 0.109 e. The molecule has 1 N–H and O–H groups in total. The second kappa shape index (κ2) is 6.90. The number of imidazole rings is 1. The number of rotatable bonds is 7. The summed E-state index contributed by atoms with van der Waals surface area (Å²) in [5.74, 6) is 1.16. The molecule has 1 fully saturated rings. The minimum Gasteiger partial charge on any atom is -0.378 e. The highest BCUT2D eigenvalue weighted by Gasteiger charge is 2.18. The topological polar surface area (TPSA) is 39.1 Å². The highest BCUT2D eigenvalue weighted by Crippen LogP contribution is 2.18. The second-order valence-electron chi connectivity index (χ2n) is 5.13. The van der Waals surface area contributed by atoms with Crippen LogP contribution in [0.3, 0.4) is 0 Å². The lowest BCUT2D eigenvalue weighted by Gasteiger charge is -2.19. The first-order valence-electron chi connectivity index (χ1n) is 7.10. The van der Waals surface area contributed by atoms with Gasteiger partial charge >= 0.3 is 0 Å². The molecule has 0 aliphatic carbocycles. The Bertz CT molecular complexity index is 345. The predicted molar refractivity (Wildman–Crippen MR) is 72.6 cm³/mol. The van der Waals surface area contributed by atoms with Crippen molar-refractivity contribution < 1.29 is 4.74 Å². The van der Waals surface area contributed by atoms with Crippen molar-refractivity contribution in [1.29, 1.82) is 0 Å². The van der Waals surface area contributed by atoms with E-state index in [9.17, 15) is 0 Å². The van der Waals surface area contributed by atoms with E-state index in [0.29, 0.717) is 12.1 Å². The molecule has 1 aromatic heterocycles. The highest BCUT2D eigenvalue weighted by atomic mass is 16.5. The summed E-state index contributed by atoms with van der Waals surface area (Å²) in [6, 6.07) is 0.514. The van der Waals surface area contributed by atoms with Gasteiger partial charge in [0.2, 0.25) is 0 Å². The first-order chi connectivity index (χ1) is 8.79. The molecule has 0 spiro atoms. The van der Waals surface area contributed by atoms with Crippen LogP contribution in [0, 0.1) is 0 Å². The molecule has 1 saturated heterocycles. The van der Waals surface area contributed by atoms with Crippen molar-refractivity contribution >= 4 is 0 Å². The van der Waals surface area contributed by atoms with Crippen LogP contribution in [0.2, 0.25) is 0 Å². The Balaban J connectivity index is 1.81. The van der Waals surface area contributed by atoms with Gasteiger partial charge in [0.1, 0.15) is 5.82 Å². The average molecular weight is 251 g/mol. The third-order valence-corrected chi connectivity index (χ3v) is 3.70. The number of ether oxygens (including phenoxy) is 1. The molecule has 1 aromatic rings. The smallest absolute Gasteiger partial charge is 0.109 e. The number of hydrogen-bond donors (Lipinski definition) is 1. The van der Waals surface area contributed by atoms with Crippen LogP contribution in [0.5, 0.6) is 0 Å². The summed E-state index contributed by atoms with van der Waals surface area (Å²) in [5, 5.41) is 3.56. The van der Waals surface area contributed by atoms with Crippen molar-refractivity contribution in [2.75, 3.05) is 13.2 Å². The van der Waals surface area contributed by atoms with Crippen LogP contribution in [-0.2, 0) is 18.2 Å². The standard InChI is InChI=1S/C14H25N3O/c1-3-15-12(6-7-13-5-4-10-18-13)11-14-16-8-9-17(14)2/h8-9,12-13,15H,3-7,10-11H2,1-2H3. The Morgan fingerprint density at radius 3 is 3.11 bits per heavy atom. The fourth-order valence-electron chi connectivity index (χ4n) is 2.64. The minimum absolute atomic E-state index is 0.493. The zero-order chi connectivity index (χ0) is 12.8. The lowest BCUT2D eigenvalue weighted by atomic mass is 10.0. The van der Waals surface area contributed by atoms with E-state index in [-0.39, 0.29) is 0 Å². The summed E-state index contributed by atoms with van der Waals surface area (Å²) in [6.07, 6.45) is 10.2. The molecule has 4 heteroatoms. The molecule has 102 valence electrons. The molecule has 2 atom stereocenters. The van der Waals surface area contributed by atoms with Gasteiger partial charge in [0.25, 0.3) is 0 Å². The van der Waals surface area contributed by atoms with Crippen molar-refractivity contribution in [3.63, 3.8) is 0 Å². The molecule has 18 heavy (non-hydrogen) atoms. The van der Waals surface area contributed by atoms with Gasteiger partial charge in [-0.05, 0) is 32.2 Å². The van der Waals surface area contributed by atoms with Crippen molar-refractivity contribution in [3.8, 4) is 0 Å². The number of nitrogens with zero attached hydrogens (tertiary/aromatic N) is 2. The van der Waals surface area contributed by atoms with Crippen molar-refractivity contribution in [2.45, 2.75) is 51.2 Å². The van der Waals surface area contributed by atoms with E-state index in [1.54, 1.807) is 0 Å². The number of aromatic nitrogens is 2. The monoisotopic (exact) mass is 251 g/mol. The average Bonchev–Trinajstić information content (AvgIpc) is 2.99. The summed E-state index contributed by atoms with van der Waals surface area (Å²) < 4.78 is 7.80. The van der Waals surface area contributed by atoms with Gasteiger partial charge in [0, 0.05) is 38.5 Å². The molecule has 0 amide bonds. The van der Waals surface area contributed by atoms with E-state index < -0.39 is 0 Å². The van der Waals surface area contributed by atoms with Gasteiger partial charge in [0.15, 0.2) is 0 Å². The minimum atomic E-state index is 0.493. The van der Waals surface area contributed by atoms with E-state index in [1.165, 1.54) is 25.7 Å². The predicted octanol–water partition coefficient (Wildman–Crippen LogP) is 1.90. The summed E-state index contributed by atoms with van der Waals surface area (Å²) >= 11 is 0. The van der Waals surface area contributed by atoms with Crippen LogP contribution in [0.25, 0.3) is 0 Å². The van der Waals surface area contributed by atoms with Gasteiger partial charge in [-0.1, -0.05) is 6.92 Å². The van der Waals surface area contributed by atoms with Crippen molar-refractivity contribution in [3.05, 3.63) is 18.2 Å². The van der Waals surface area contributed by atoms with Crippen LogP contribution >= 0.6 is 0 Å². The molecule has 1 aliphatic heterocycles. The lowest BCUT2D eigenvalue weighted by molar-refractivity contribution is 0.0995. The number of aryl methyl sites for hydroxylation is 1.